The van der Waals surface area contributed by atoms with Crippen LogP contribution in [0.1, 0.15) is 32.6 Å². The lowest BCUT2D eigenvalue weighted by Crippen LogP contribution is -2.09. The van der Waals surface area contributed by atoms with Gasteiger partial charge in [-0.15, -0.1) is 0 Å². The molecule has 0 aromatic heterocycles. The summed E-state index contributed by atoms with van der Waals surface area (Å²) < 4.78 is 0. The fraction of sp³-hybridized carbons (Fsp3) is 0.833. The summed E-state index contributed by atoms with van der Waals surface area (Å²) in [5.41, 5.74) is 4.89. The number of hydrogen-bond donors (Lipinski definition) is 1. The average Bonchev–Trinajstić information content (AvgIpc) is 1.66. The largest absolute Gasteiger partial charge is 0.370 e. The smallest absolute Gasteiger partial charge is 0.217 e. The number of hydrogen-bond acceptors (Lipinski definition) is 1. The topological polar surface area (TPSA) is 43.1 Å². The second-order valence-electron chi connectivity index (χ2n) is 1.92. The van der Waals surface area contributed by atoms with Gasteiger partial charge < -0.3 is 5.73 Å². The third kappa shape index (κ3) is 11.1. The number of nitrogens with two attached hydrogens (primary N) is 1. The third-order valence-electron chi connectivity index (χ3n) is 1.03. The molecule has 1 amide bonds. The van der Waals surface area contributed by atoms with E-state index in [2.05, 4.69) is 6.92 Å². The predicted octanol–water partition coefficient (Wildman–Crippen LogP) is 1.20. The molecule has 0 heterocycles. The van der Waals surface area contributed by atoms with Gasteiger partial charge in [-0.25, -0.2) is 0 Å². The quantitative estimate of drug-likeness (QED) is 0.578. The van der Waals surface area contributed by atoms with Crippen LogP contribution in [0.2, 0.25) is 0 Å². The van der Waals surface area contributed by atoms with Gasteiger partial charge in [0.25, 0.3) is 0 Å². The summed E-state index contributed by atoms with van der Waals surface area (Å²) in [6.07, 6.45) is 3.76. The number of unbranched alkanes of at least 4 members (excludes halogenated alkanes) is 2. The number of primary amides is 1. The number of amides is 1. The molecule has 0 aliphatic heterocycles. The molecule has 3 heteroatoms. The van der Waals surface area contributed by atoms with Crippen molar-refractivity contribution < 1.29 is 9.50 Å². The molecule has 0 spiro atoms. The van der Waals surface area contributed by atoms with Crippen LogP contribution < -0.4 is 5.73 Å². The predicted molar refractivity (Wildman–Crippen MR) is 35.8 cm³/mol. The third-order valence-corrected chi connectivity index (χ3v) is 1.03. The van der Waals surface area contributed by atoms with Gasteiger partial charge in [0.05, 0.1) is 0 Å². The molecule has 0 saturated carbocycles. The fourth-order valence-electron chi connectivity index (χ4n) is 0.549. The van der Waals surface area contributed by atoms with Gasteiger partial charge in [0.1, 0.15) is 0 Å². The molecule has 0 aromatic carbocycles. The summed E-state index contributed by atoms with van der Waals surface area (Å²) in [5, 5.41) is 0. The molecule has 0 bridgehead atoms. The van der Waals surface area contributed by atoms with E-state index in [-0.39, 0.29) is 10.6 Å². The van der Waals surface area contributed by atoms with Crippen LogP contribution in [0.3, 0.4) is 0 Å². The normalized spacial score (nSPS) is 8.11. The van der Waals surface area contributed by atoms with Crippen molar-refractivity contribution in [2.75, 3.05) is 0 Å². The Kier molecular flexibility index (Phi) is 9.23. The number of halogens is 1. The Balaban J connectivity index is 0. The van der Waals surface area contributed by atoms with Crippen molar-refractivity contribution in [3.8, 4) is 0 Å². The van der Waals surface area contributed by atoms with Crippen LogP contribution in [-0.4, -0.2) is 5.91 Å². The lowest BCUT2D eigenvalue weighted by Gasteiger charge is -1.90. The second-order valence-corrected chi connectivity index (χ2v) is 1.92. The van der Waals surface area contributed by atoms with Crippen molar-refractivity contribution >= 4 is 5.91 Å². The number of carbonyl (C=O) groups is 1. The van der Waals surface area contributed by atoms with Gasteiger partial charge in [0, 0.05) is 6.42 Å². The first-order valence-electron chi connectivity index (χ1n) is 3.05. The molecule has 0 rings (SSSR count). The number of rotatable bonds is 4. The van der Waals surface area contributed by atoms with Crippen molar-refractivity contribution in [3.63, 3.8) is 0 Å². The standard InChI is InChI=1S/C6H13NO.FH/c1-2-3-4-5-6(7)8;/h2-5H2,1H3,(H2,7,8);1H. The molecule has 0 aliphatic rings. The van der Waals surface area contributed by atoms with Gasteiger partial charge in [-0.2, -0.15) is 0 Å². The molecule has 0 aromatic rings. The minimum absolute atomic E-state index is 0. The van der Waals surface area contributed by atoms with E-state index in [1.165, 1.54) is 0 Å². The highest BCUT2D eigenvalue weighted by Crippen LogP contribution is 1.96. The highest BCUT2D eigenvalue weighted by atomic mass is 19.0. The maximum Gasteiger partial charge on any atom is 0.217 e. The Morgan fingerprint density at radius 1 is 1.44 bits per heavy atom. The van der Waals surface area contributed by atoms with Gasteiger partial charge in [0.15, 0.2) is 0 Å². The lowest BCUT2D eigenvalue weighted by atomic mass is 10.2. The van der Waals surface area contributed by atoms with E-state index < -0.39 is 0 Å². The monoisotopic (exact) mass is 135 g/mol. The molecule has 2 nitrogen and oxygen atoms in total. The summed E-state index contributed by atoms with van der Waals surface area (Å²) in [6, 6.07) is 0. The Hall–Kier alpha value is -0.600. The van der Waals surface area contributed by atoms with Gasteiger partial charge in [-0.05, 0) is 6.42 Å². The van der Waals surface area contributed by atoms with Crippen molar-refractivity contribution in [2.24, 2.45) is 5.73 Å². The molecule has 0 radical (unpaired) electrons. The molecule has 0 fully saturated rings. The molecule has 0 saturated heterocycles. The van der Waals surface area contributed by atoms with E-state index >= 15 is 0 Å². The first-order valence-corrected chi connectivity index (χ1v) is 3.05. The van der Waals surface area contributed by atoms with Gasteiger partial charge >= 0.3 is 0 Å². The summed E-state index contributed by atoms with van der Waals surface area (Å²) >= 11 is 0. The van der Waals surface area contributed by atoms with Crippen LogP contribution in [0, 0.1) is 0 Å². The molecule has 0 aliphatic carbocycles. The maximum atomic E-state index is 10.1. The molecular formula is C6H14FNO. The van der Waals surface area contributed by atoms with Crippen molar-refractivity contribution in [1.82, 2.24) is 0 Å². The molecule has 0 atom stereocenters. The van der Waals surface area contributed by atoms with Crippen LogP contribution in [0.4, 0.5) is 4.70 Å². The van der Waals surface area contributed by atoms with Crippen LogP contribution in [0.5, 0.6) is 0 Å². The molecule has 0 unspecified atom stereocenters. The van der Waals surface area contributed by atoms with Crippen molar-refractivity contribution in [2.45, 2.75) is 32.6 Å². The first-order chi connectivity index (χ1) is 3.77. The zero-order valence-corrected chi connectivity index (χ0v) is 5.72. The van der Waals surface area contributed by atoms with Crippen molar-refractivity contribution in [3.05, 3.63) is 0 Å². The van der Waals surface area contributed by atoms with E-state index in [9.17, 15) is 4.79 Å². The average molecular weight is 135 g/mol. The van der Waals surface area contributed by atoms with E-state index in [0.717, 1.165) is 19.3 Å². The molecule has 56 valence electrons. The van der Waals surface area contributed by atoms with Gasteiger partial charge in [0.2, 0.25) is 5.91 Å². The SMILES string of the molecule is CCCCCC(N)=O.F. The van der Waals surface area contributed by atoms with Crippen LogP contribution in [-0.2, 0) is 4.79 Å². The van der Waals surface area contributed by atoms with Crippen LogP contribution in [0.15, 0.2) is 0 Å². The minimum atomic E-state index is -0.182. The summed E-state index contributed by atoms with van der Waals surface area (Å²) in [6.45, 7) is 2.10. The molecular weight excluding hydrogens is 121 g/mol. The van der Waals surface area contributed by atoms with E-state index in [4.69, 9.17) is 5.73 Å². The minimum Gasteiger partial charge on any atom is -0.370 e. The van der Waals surface area contributed by atoms with E-state index in [1.54, 1.807) is 0 Å². The highest BCUT2D eigenvalue weighted by Gasteiger charge is 1.90. The second kappa shape index (κ2) is 7.40. The highest BCUT2D eigenvalue weighted by molar-refractivity contribution is 5.73. The summed E-state index contributed by atoms with van der Waals surface area (Å²) in [7, 11) is 0. The fourth-order valence-corrected chi connectivity index (χ4v) is 0.549. The number of carbonyl (C=O) groups excluding carboxylic acids is 1. The van der Waals surface area contributed by atoms with Crippen LogP contribution >= 0.6 is 0 Å². The Labute approximate surface area is 54.8 Å². The van der Waals surface area contributed by atoms with Crippen molar-refractivity contribution in [1.29, 1.82) is 0 Å². The zero-order chi connectivity index (χ0) is 6.41. The Bertz CT molecular complexity index is 75.5. The first kappa shape index (κ1) is 11.2. The zero-order valence-electron chi connectivity index (χ0n) is 5.72. The maximum absolute atomic E-state index is 10.1. The Morgan fingerprint density at radius 2 is 2.00 bits per heavy atom. The van der Waals surface area contributed by atoms with Gasteiger partial charge in [-0.3, -0.25) is 9.50 Å². The van der Waals surface area contributed by atoms with E-state index in [1.807, 2.05) is 0 Å². The van der Waals surface area contributed by atoms with Gasteiger partial charge in [-0.1, -0.05) is 19.8 Å². The lowest BCUT2D eigenvalue weighted by molar-refractivity contribution is -0.118. The van der Waals surface area contributed by atoms with E-state index in [0.29, 0.717) is 6.42 Å². The Morgan fingerprint density at radius 3 is 2.33 bits per heavy atom. The summed E-state index contributed by atoms with van der Waals surface area (Å²) in [5.74, 6) is -0.182. The van der Waals surface area contributed by atoms with Crippen LogP contribution in [0.25, 0.3) is 0 Å². The molecule has 9 heavy (non-hydrogen) atoms. The molecule has 2 N–H and O–H groups in total. The summed E-state index contributed by atoms with van der Waals surface area (Å²) in [4.78, 5) is 10.1.